The third-order valence-corrected chi connectivity index (χ3v) is 7.50. The summed E-state index contributed by atoms with van der Waals surface area (Å²) in [5.74, 6) is 0.466. The maximum Gasteiger partial charge on any atom is 0.291 e. The number of fused-ring (bicyclic) bond motifs is 2. The number of likely N-dealkylation sites (tertiary alicyclic amines) is 1. The molecule has 0 unspecified atom stereocenters. The van der Waals surface area contributed by atoms with Gasteiger partial charge < -0.3 is 14.2 Å². The van der Waals surface area contributed by atoms with Gasteiger partial charge in [0.15, 0.2) is 15.7 Å². The predicted molar refractivity (Wildman–Crippen MR) is 92.2 cm³/mol. The van der Waals surface area contributed by atoms with Crippen molar-refractivity contribution in [2.24, 2.45) is 11.8 Å². The van der Waals surface area contributed by atoms with Gasteiger partial charge in [-0.1, -0.05) is 0 Å². The third kappa shape index (κ3) is 2.82. The Morgan fingerprint density at radius 2 is 1.85 bits per heavy atom. The summed E-state index contributed by atoms with van der Waals surface area (Å²) in [6.07, 6.45) is 1.72. The van der Waals surface area contributed by atoms with Gasteiger partial charge in [0.1, 0.15) is 0 Å². The molecule has 2 aliphatic heterocycles. The molecule has 1 saturated carbocycles. The molecular formula is C17H23N3O5S. The van der Waals surface area contributed by atoms with Crippen LogP contribution in [-0.2, 0) is 14.6 Å². The number of nitrogens with zero attached hydrogens (tertiary/aromatic N) is 3. The Hall–Kier alpha value is -1.90. The van der Waals surface area contributed by atoms with E-state index in [9.17, 15) is 18.0 Å². The first-order valence-electron chi connectivity index (χ1n) is 9.01. The smallest absolute Gasteiger partial charge is 0.291 e. The summed E-state index contributed by atoms with van der Waals surface area (Å²) in [5.41, 5.74) is 0.569. The summed E-state index contributed by atoms with van der Waals surface area (Å²) < 4.78 is 28.7. The van der Waals surface area contributed by atoms with Gasteiger partial charge in [-0.2, -0.15) is 0 Å². The van der Waals surface area contributed by atoms with Gasteiger partial charge in [0.2, 0.25) is 11.7 Å². The van der Waals surface area contributed by atoms with E-state index in [-0.39, 0.29) is 60.0 Å². The second-order valence-corrected chi connectivity index (χ2v) is 9.82. The van der Waals surface area contributed by atoms with Crippen LogP contribution in [0.2, 0.25) is 0 Å². The van der Waals surface area contributed by atoms with E-state index in [1.54, 1.807) is 23.6 Å². The highest BCUT2D eigenvalue weighted by Gasteiger charge is 2.53. The van der Waals surface area contributed by atoms with Gasteiger partial charge in [-0.05, 0) is 25.7 Å². The van der Waals surface area contributed by atoms with Crippen LogP contribution in [0.3, 0.4) is 0 Å². The molecule has 0 radical (unpaired) electrons. The lowest BCUT2D eigenvalue weighted by Gasteiger charge is -2.31. The highest BCUT2D eigenvalue weighted by atomic mass is 32.2. The van der Waals surface area contributed by atoms with E-state index in [1.165, 1.54) is 0 Å². The fourth-order valence-electron chi connectivity index (χ4n) is 4.60. The van der Waals surface area contributed by atoms with Gasteiger partial charge in [-0.15, -0.1) is 0 Å². The van der Waals surface area contributed by atoms with Gasteiger partial charge in [-0.3, -0.25) is 9.59 Å². The SMILES string of the molecule is Cc1nc(C)c(C(=O)N2C[C@@H]3CC[C@H]2[C@@H]3C(=O)N2CCS(=O)(=O)CC2)o1. The summed E-state index contributed by atoms with van der Waals surface area (Å²) in [4.78, 5) is 33.5. The van der Waals surface area contributed by atoms with Gasteiger partial charge >= 0.3 is 0 Å². The molecule has 2 amide bonds. The second kappa shape index (κ2) is 6.07. The monoisotopic (exact) mass is 381 g/mol. The van der Waals surface area contributed by atoms with Crippen molar-refractivity contribution in [1.82, 2.24) is 14.8 Å². The molecule has 2 bridgehead atoms. The summed E-state index contributed by atoms with van der Waals surface area (Å²) in [5, 5.41) is 0. The third-order valence-electron chi connectivity index (χ3n) is 5.89. The van der Waals surface area contributed by atoms with Gasteiger partial charge in [0.05, 0.1) is 23.1 Å². The van der Waals surface area contributed by atoms with Crippen LogP contribution >= 0.6 is 0 Å². The van der Waals surface area contributed by atoms with Crippen molar-refractivity contribution in [3.05, 3.63) is 17.3 Å². The van der Waals surface area contributed by atoms with E-state index >= 15 is 0 Å². The first-order chi connectivity index (χ1) is 12.3. The molecule has 1 aliphatic carbocycles. The van der Waals surface area contributed by atoms with Gasteiger partial charge in [0.25, 0.3) is 5.91 Å². The molecule has 0 aromatic carbocycles. The molecule has 3 aliphatic rings. The molecule has 8 nitrogen and oxygen atoms in total. The maximum atomic E-state index is 13.0. The molecule has 4 rings (SSSR count). The van der Waals surface area contributed by atoms with Crippen LogP contribution in [0.4, 0.5) is 0 Å². The van der Waals surface area contributed by atoms with Crippen molar-refractivity contribution >= 4 is 21.7 Å². The highest BCUT2D eigenvalue weighted by molar-refractivity contribution is 7.91. The Morgan fingerprint density at radius 3 is 2.46 bits per heavy atom. The zero-order valence-corrected chi connectivity index (χ0v) is 15.8. The number of aryl methyl sites for hydroxylation is 2. The number of rotatable bonds is 2. The summed E-state index contributed by atoms with van der Waals surface area (Å²) >= 11 is 0. The van der Waals surface area contributed by atoms with Crippen LogP contribution in [0.25, 0.3) is 0 Å². The van der Waals surface area contributed by atoms with Crippen molar-refractivity contribution in [1.29, 1.82) is 0 Å². The fourth-order valence-corrected chi connectivity index (χ4v) is 5.81. The molecule has 142 valence electrons. The van der Waals surface area contributed by atoms with E-state index < -0.39 is 9.84 Å². The van der Waals surface area contributed by atoms with Crippen LogP contribution in [-0.4, -0.2) is 72.2 Å². The summed E-state index contributed by atoms with van der Waals surface area (Å²) in [7, 11) is -3.02. The highest BCUT2D eigenvalue weighted by Crippen LogP contribution is 2.44. The molecule has 0 N–H and O–H groups in total. The van der Waals surface area contributed by atoms with Crippen LogP contribution in [0.5, 0.6) is 0 Å². The lowest BCUT2D eigenvalue weighted by molar-refractivity contribution is -0.136. The number of carbonyl (C=O) groups excluding carboxylic acids is 2. The Kier molecular flexibility index (Phi) is 4.09. The number of aromatic nitrogens is 1. The summed E-state index contributed by atoms with van der Waals surface area (Å²) in [6, 6.07) is -0.136. The van der Waals surface area contributed by atoms with E-state index in [0.29, 0.717) is 18.1 Å². The lowest BCUT2D eigenvalue weighted by atomic mass is 9.96. The predicted octanol–water partition coefficient (Wildman–Crippen LogP) is 0.399. The Labute approximate surface area is 152 Å². The number of hydrogen-bond donors (Lipinski definition) is 0. The Bertz CT molecular complexity index is 848. The minimum absolute atomic E-state index is 0.00632. The van der Waals surface area contributed by atoms with Gasteiger partial charge in [-0.25, -0.2) is 13.4 Å². The minimum Gasteiger partial charge on any atom is -0.436 e. The first-order valence-corrected chi connectivity index (χ1v) is 10.8. The molecule has 3 heterocycles. The molecule has 0 spiro atoms. The normalized spacial score (nSPS) is 30.0. The van der Waals surface area contributed by atoms with Crippen LogP contribution in [0, 0.1) is 25.7 Å². The second-order valence-electron chi connectivity index (χ2n) is 7.51. The first kappa shape index (κ1) is 17.5. The number of sulfone groups is 1. The zero-order chi connectivity index (χ0) is 18.6. The van der Waals surface area contributed by atoms with Crippen LogP contribution < -0.4 is 0 Å². The molecule has 9 heteroatoms. The molecular weight excluding hydrogens is 358 g/mol. The zero-order valence-electron chi connectivity index (χ0n) is 15.0. The molecule has 26 heavy (non-hydrogen) atoms. The quantitative estimate of drug-likeness (QED) is 0.735. The Balaban J connectivity index is 1.51. The topological polar surface area (TPSA) is 101 Å². The summed E-state index contributed by atoms with van der Waals surface area (Å²) in [6.45, 7) is 4.51. The standard InChI is InChI=1S/C17H23N3O5S/c1-10-15(25-11(2)18-10)17(22)20-9-12-3-4-13(20)14(12)16(21)19-5-7-26(23,24)8-6-19/h12-14H,3-9H2,1-2H3/t12-,13-,14+/m0/s1. The minimum atomic E-state index is -3.02. The fraction of sp³-hybridized carbons (Fsp3) is 0.706. The van der Waals surface area contributed by atoms with Crippen LogP contribution in [0.1, 0.15) is 35.0 Å². The maximum absolute atomic E-state index is 13.0. The molecule has 1 aromatic rings. The van der Waals surface area contributed by atoms with Crippen molar-refractivity contribution in [3.63, 3.8) is 0 Å². The average molecular weight is 381 g/mol. The number of hydrogen-bond acceptors (Lipinski definition) is 6. The van der Waals surface area contributed by atoms with Crippen molar-refractivity contribution in [2.45, 2.75) is 32.7 Å². The van der Waals surface area contributed by atoms with E-state index in [4.69, 9.17) is 4.42 Å². The molecule has 2 saturated heterocycles. The number of oxazole rings is 1. The van der Waals surface area contributed by atoms with Crippen molar-refractivity contribution < 1.29 is 22.4 Å². The van der Waals surface area contributed by atoms with Crippen LogP contribution in [0.15, 0.2) is 4.42 Å². The van der Waals surface area contributed by atoms with Gasteiger partial charge in [0, 0.05) is 32.6 Å². The molecule has 3 fully saturated rings. The van der Waals surface area contributed by atoms with E-state index in [0.717, 1.165) is 12.8 Å². The van der Waals surface area contributed by atoms with E-state index in [2.05, 4.69) is 4.98 Å². The number of piperidine rings is 1. The van der Waals surface area contributed by atoms with E-state index in [1.807, 2.05) is 0 Å². The van der Waals surface area contributed by atoms with Crippen molar-refractivity contribution in [3.8, 4) is 0 Å². The average Bonchev–Trinajstić information content (AvgIpc) is 3.25. The lowest BCUT2D eigenvalue weighted by Crippen LogP contribution is -2.48. The number of amides is 2. The van der Waals surface area contributed by atoms with Crippen molar-refractivity contribution in [2.75, 3.05) is 31.1 Å². The largest absolute Gasteiger partial charge is 0.436 e. The molecule has 1 aromatic heterocycles. The number of carbonyl (C=O) groups is 2. The Morgan fingerprint density at radius 1 is 1.15 bits per heavy atom. The molecule has 3 atom stereocenters.